The predicted octanol–water partition coefficient (Wildman–Crippen LogP) is 2.91. The summed E-state index contributed by atoms with van der Waals surface area (Å²) >= 11 is 1.75. The van der Waals surface area contributed by atoms with E-state index in [1.807, 2.05) is 13.1 Å². The standard InChI is InChI=1S/C14H15N3S/c1-10-16-8-13(18-10)9-17-5-4-12-6-11(7-15)2-3-14(12)17/h2-6,8H,7,9,15H2,1H3. The van der Waals surface area contributed by atoms with Gasteiger partial charge in [-0.1, -0.05) is 6.07 Å². The molecule has 0 radical (unpaired) electrons. The van der Waals surface area contributed by atoms with Gasteiger partial charge in [-0.3, -0.25) is 0 Å². The van der Waals surface area contributed by atoms with E-state index in [2.05, 4.69) is 40.0 Å². The minimum absolute atomic E-state index is 0.592. The number of rotatable bonds is 3. The Morgan fingerprint density at radius 2 is 2.22 bits per heavy atom. The van der Waals surface area contributed by atoms with Crippen molar-refractivity contribution in [3.63, 3.8) is 0 Å². The summed E-state index contributed by atoms with van der Waals surface area (Å²) in [5.74, 6) is 0. The molecule has 92 valence electrons. The Balaban J connectivity index is 1.97. The first-order chi connectivity index (χ1) is 8.76. The molecule has 0 fully saturated rings. The van der Waals surface area contributed by atoms with Crippen LogP contribution in [0.3, 0.4) is 0 Å². The normalized spacial score (nSPS) is 11.2. The fraction of sp³-hybridized carbons (Fsp3) is 0.214. The van der Waals surface area contributed by atoms with Gasteiger partial charge in [-0.15, -0.1) is 11.3 Å². The second-order valence-corrected chi connectivity index (χ2v) is 5.71. The van der Waals surface area contributed by atoms with Crippen molar-refractivity contribution in [3.05, 3.63) is 52.1 Å². The number of benzene rings is 1. The molecule has 3 rings (SSSR count). The maximum Gasteiger partial charge on any atom is 0.0897 e. The molecule has 0 saturated heterocycles. The highest BCUT2D eigenvalue weighted by Crippen LogP contribution is 2.20. The molecule has 0 bridgehead atoms. The molecule has 2 aromatic heterocycles. The van der Waals surface area contributed by atoms with E-state index < -0.39 is 0 Å². The Labute approximate surface area is 110 Å². The summed E-state index contributed by atoms with van der Waals surface area (Å²) in [5.41, 5.74) is 8.08. The monoisotopic (exact) mass is 257 g/mol. The first-order valence-corrected chi connectivity index (χ1v) is 6.77. The van der Waals surface area contributed by atoms with Crippen LogP contribution in [0.4, 0.5) is 0 Å². The molecular weight excluding hydrogens is 242 g/mol. The number of aryl methyl sites for hydroxylation is 1. The lowest BCUT2D eigenvalue weighted by Gasteiger charge is -2.04. The van der Waals surface area contributed by atoms with Gasteiger partial charge >= 0.3 is 0 Å². The number of nitrogens with two attached hydrogens (primary N) is 1. The smallest absolute Gasteiger partial charge is 0.0897 e. The van der Waals surface area contributed by atoms with E-state index in [4.69, 9.17) is 5.73 Å². The first-order valence-electron chi connectivity index (χ1n) is 5.95. The lowest BCUT2D eigenvalue weighted by molar-refractivity contribution is 0.849. The fourth-order valence-electron chi connectivity index (χ4n) is 2.16. The van der Waals surface area contributed by atoms with Gasteiger partial charge in [0, 0.05) is 29.3 Å². The van der Waals surface area contributed by atoms with Crippen molar-refractivity contribution in [2.45, 2.75) is 20.0 Å². The van der Waals surface area contributed by atoms with E-state index in [0.29, 0.717) is 6.54 Å². The Morgan fingerprint density at radius 3 is 2.94 bits per heavy atom. The molecule has 0 amide bonds. The topological polar surface area (TPSA) is 43.8 Å². The van der Waals surface area contributed by atoms with E-state index in [1.54, 1.807) is 11.3 Å². The number of hydrogen-bond acceptors (Lipinski definition) is 3. The van der Waals surface area contributed by atoms with E-state index in [1.165, 1.54) is 21.3 Å². The number of nitrogens with zero attached hydrogens (tertiary/aromatic N) is 2. The average molecular weight is 257 g/mol. The Bertz CT molecular complexity index is 681. The summed E-state index contributed by atoms with van der Waals surface area (Å²) in [5, 5.41) is 2.37. The Morgan fingerprint density at radius 1 is 1.33 bits per heavy atom. The summed E-state index contributed by atoms with van der Waals surface area (Å²) in [6.07, 6.45) is 4.08. The molecule has 0 aliphatic rings. The highest BCUT2D eigenvalue weighted by atomic mass is 32.1. The third-order valence-corrected chi connectivity index (χ3v) is 3.96. The number of thiazole rings is 1. The molecule has 3 aromatic rings. The molecule has 0 aliphatic carbocycles. The van der Waals surface area contributed by atoms with Crippen molar-refractivity contribution in [2.24, 2.45) is 5.73 Å². The molecule has 2 N–H and O–H groups in total. The minimum atomic E-state index is 0.592. The van der Waals surface area contributed by atoms with E-state index in [-0.39, 0.29) is 0 Å². The molecule has 2 heterocycles. The molecule has 0 saturated carbocycles. The molecule has 0 aliphatic heterocycles. The molecule has 1 aromatic carbocycles. The van der Waals surface area contributed by atoms with Crippen molar-refractivity contribution < 1.29 is 0 Å². The zero-order chi connectivity index (χ0) is 12.5. The van der Waals surface area contributed by atoms with Gasteiger partial charge in [0.25, 0.3) is 0 Å². The largest absolute Gasteiger partial charge is 0.342 e. The number of hydrogen-bond donors (Lipinski definition) is 1. The summed E-state index contributed by atoms with van der Waals surface area (Å²) in [6.45, 7) is 3.52. The van der Waals surface area contributed by atoms with Gasteiger partial charge in [0.15, 0.2) is 0 Å². The van der Waals surface area contributed by atoms with Crippen molar-refractivity contribution in [3.8, 4) is 0 Å². The van der Waals surface area contributed by atoms with E-state index >= 15 is 0 Å². The maximum atomic E-state index is 5.66. The summed E-state index contributed by atoms with van der Waals surface area (Å²) in [4.78, 5) is 5.58. The second-order valence-electron chi connectivity index (χ2n) is 4.39. The Kier molecular flexibility index (Phi) is 2.89. The SMILES string of the molecule is Cc1ncc(Cn2ccc3cc(CN)ccc32)s1. The second kappa shape index (κ2) is 4.55. The van der Waals surface area contributed by atoms with Crippen molar-refractivity contribution in [1.29, 1.82) is 0 Å². The van der Waals surface area contributed by atoms with Crippen molar-refractivity contribution in [2.75, 3.05) is 0 Å². The van der Waals surface area contributed by atoms with Gasteiger partial charge in [0.1, 0.15) is 0 Å². The highest BCUT2D eigenvalue weighted by Gasteiger charge is 2.04. The average Bonchev–Trinajstić information content (AvgIpc) is 2.96. The first kappa shape index (κ1) is 11.4. The Hall–Kier alpha value is -1.65. The van der Waals surface area contributed by atoms with E-state index in [9.17, 15) is 0 Å². The zero-order valence-electron chi connectivity index (χ0n) is 10.3. The third-order valence-electron chi connectivity index (χ3n) is 3.07. The lowest BCUT2D eigenvalue weighted by Crippen LogP contribution is -1.97. The van der Waals surface area contributed by atoms with Crippen LogP contribution in [0.15, 0.2) is 36.7 Å². The summed E-state index contributed by atoms with van der Waals surface area (Å²) in [7, 11) is 0. The van der Waals surface area contributed by atoms with Gasteiger partial charge in [-0.25, -0.2) is 4.98 Å². The molecular formula is C14H15N3S. The molecule has 0 unspecified atom stereocenters. The summed E-state index contributed by atoms with van der Waals surface area (Å²) < 4.78 is 2.25. The van der Waals surface area contributed by atoms with Crippen LogP contribution in [0, 0.1) is 6.92 Å². The zero-order valence-corrected chi connectivity index (χ0v) is 11.1. The van der Waals surface area contributed by atoms with Gasteiger partial charge in [0.2, 0.25) is 0 Å². The van der Waals surface area contributed by atoms with Crippen LogP contribution in [0.25, 0.3) is 10.9 Å². The van der Waals surface area contributed by atoms with Crippen LogP contribution < -0.4 is 5.73 Å². The predicted molar refractivity (Wildman–Crippen MR) is 75.8 cm³/mol. The lowest BCUT2D eigenvalue weighted by atomic mass is 10.1. The number of fused-ring (bicyclic) bond motifs is 1. The quantitative estimate of drug-likeness (QED) is 0.784. The molecule has 3 nitrogen and oxygen atoms in total. The van der Waals surface area contributed by atoms with Crippen LogP contribution in [0.2, 0.25) is 0 Å². The molecule has 0 atom stereocenters. The summed E-state index contributed by atoms with van der Waals surface area (Å²) in [6, 6.07) is 8.54. The molecule has 0 spiro atoms. The van der Waals surface area contributed by atoms with Gasteiger partial charge in [0.05, 0.1) is 11.6 Å². The minimum Gasteiger partial charge on any atom is -0.342 e. The van der Waals surface area contributed by atoms with Gasteiger partial charge in [-0.2, -0.15) is 0 Å². The molecule has 18 heavy (non-hydrogen) atoms. The van der Waals surface area contributed by atoms with Gasteiger partial charge in [-0.05, 0) is 36.1 Å². The van der Waals surface area contributed by atoms with Crippen LogP contribution in [0.1, 0.15) is 15.4 Å². The van der Waals surface area contributed by atoms with Crippen molar-refractivity contribution >= 4 is 22.2 Å². The molecule has 4 heteroatoms. The number of aromatic nitrogens is 2. The van der Waals surface area contributed by atoms with E-state index in [0.717, 1.165) is 11.6 Å². The van der Waals surface area contributed by atoms with Crippen molar-refractivity contribution in [1.82, 2.24) is 9.55 Å². The highest BCUT2D eigenvalue weighted by molar-refractivity contribution is 7.11. The van der Waals surface area contributed by atoms with Gasteiger partial charge < -0.3 is 10.3 Å². The van der Waals surface area contributed by atoms with Crippen LogP contribution in [0.5, 0.6) is 0 Å². The van der Waals surface area contributed by atoms with Crippen LogP contribution >= 0.6 is 11.3 Å². The maximum absolute atomic E-state index is 5.66. The van der Waals surface area contributed by atoms with Crippen LogP contribution in [-0.2, 0) is 13.1 Å². The fourth-order valence-corrected chi connectivity index (χ4v) is 2.95. The van der Waals surface area contributed by atoms with Crippen LogP contribution in [-0.4, -0.2) is 9.55 Å². The third kappa shape index (κ3) is 2.05.